The van der Waals surface area contributed by atoms with Crippen LogP contribution in [-0.2, 0) is 6.42 Å². The summed E-state index contributed by atoms with van der Waals surface area (Å²) < 4.78 is 0. The van der Waals surface area contributed by atoms with Gasteiger partial charge in [-0.2, -0.15) is 0 Å². The maximum atomic E-state index is 6.34. The van der Waals surface area contributed by atoms with Gasteiger partial charge in [-0.15, -0.1) is 11.3 Å². The van der Waals surface area contributed by atoms with Gasteiger partial charge in [0, 0.05) is 11.3 Å². The van der Waals surface area contributed by atoms with E-state index >= 15 is 0 Å². The Morgan fingerprint density at radius 2 is 1.69 bits per heavy atom. The SMILES string of the molecule is Cc1sc2nc(Cc3ccccc3)nc(Nc3ccccc3Cl)c2c1C. The van der Waals surface area contributed by atoms with Crippen molar-refractivity contribution in [2.75, 3.05) is 5.32 Å². The largest absolute Gasteiger partial charge is 0.338 e. The fraction of sp³-hybridized carbons (Fsp3) is 0.143. The number of aryl methyl sites for hydroxylation is 2. The molecule has 0 aliphatic rings. The fourth-order valence-corrected chi connectivity index (χ4v) is 4.16. The Morgan fingerprint density at radius 1 is 0.962 bits per heavy atom. The average Bonchev–Trinajstić information content (AvgIpc) is 2.92. The van der Waals surface area contributed by atoms with E-state index in [4.69, 9.17) is 21.6 Å². The van der Waals surface area contributed by atoms with Crippen LogP contribution < -0.4 is 5.32 Å². The van der Waals surface area contributed by atoms with Gasteiger partial charge >= 0.3 is 0 Å². The van der Waals surface area contributed by atoms with Crippen LogP contribution in [0.15, 0.2) is 54.6 Å². The monoisotopic (exact) mass is 379 g/mol. The summed E-state index contributed by atoms with van der Waals surface area (Å²) in [5.74, 6) is 1.62. The van der Waals surface area contributed by atoms with Gasteiger partial charge in [0.1, 0.15) is 16.5 Å². The number of rotatable bonds is 4. The third-order valence-electron chi connectivity index (χ3n) is 4.41. The van der Waals surface area contributed by atoms with E-state index in [1.165, 1.54) is 16.0 Å². The van der Waals surface area contributed by atoms with E-state index < -0.39 is 0 Å². The van der Waals surface area contributed by atoms with E-state index in [0.29, 0.717) is 11.4 Å². The quantitative estimate of drug-likeness (QED) is 0.452. The van der Waals surface area contributed by atoms with Crippen LogP contribution in [0, 0.1) is 13.8 Å². The van der Waals surface area contributed by atoms with Gasteiger partial charge in [-0.25, -0.2) is 9.97 Å². The smallest absolute Gasteiger partial charge is 0.143 e. The number of hydrogen-bond acceptors (Lipinski definition) is 4. The number of hydrogen-bond donors (Lipinski definition) is 1. The van der Waals surface area contributed by atoms with Gasteiger partial charge in [-0.05, 0) is 37.1 Å². The highest BCUT2D eigenvalue weighted by Crippen LogP contribution is 2.35. The second kappa shape index (κ2) is 7.06. The van der Waals surface area contributed by atoms with Gasteiger partial charge in [0.05, 0.1) is 16.1 Å². The van der Waals surface area contributed by atoms with Crippen LogP contribution in [0.5, 0.6) is 0 Å². The van der Waals surface area contributed by atoms with Crippen LogP contribution in [0.4, 0.5) is 11.5 Å². The molecular formula is C21H18ClN3S. The van der Waals surface area contributed by atoms with E-state index in [9.17, 15) is 0 Å². The molecule has 0 saturated heterocycles. The van der Waals surface area contributed by atoms with Crippen LogP contribution in [0.2, 0.25) is 5.02 Å². The van der Waals surface area contributed by atoms with Crippen molar-refractivity contribution in [3.63, 3.8) is 0 Å². The average molecular weight is 380 g/mol. The second-order valence-electron chi connectivity index (χ2n) is 6.22. The van der Waals surface area contributed by atoms with Gasteiger partial charge in [0.2, 0.25) is 0 Å². The first-order chi connectivity index (χ1) is 12.6. The normalized spacial score (nSPS) is 11.0. The van der Waals surface area contributed by atoms with Crippen molar-refractivity contribution >= 4 is 44.7 Å². The summed E-state index contributed by atoms with van der Waals surface area (Å²) in [5, 5.41) is 5.17. The van der Waals surface area contributed by atoms with Crippen molar-refractivity contribution in [3.8, 4) is 0 Å². The lowest BCUT2D eigenvalue weighted by Gasteiger charge is -2.11. The number of aromatic nitrogens is 2. The topological polar surface area (TPSA) is 37.8 Å². The first-order valence-electron chi connectivity index (χ1n) is 8.44. The molecular weight excluding hydrogens is 362 g/mol. The third kappa shape index (κ3) is 3.30. The Bertz CT molecular complexity index is 1070. The summed E-state index contributed by atoms with van der Waals surface area (Å²) in [6.45, 7) is 4.24. The van der Waals surface area contributed by atoms with Crippen molar-refractivity contribution in [2.24, 2.45) is 0 Å². The minimum atomic E-state index is 0.675. The summed E-state index contributed by atoms with van der Waals surface area (Å²) in [6.07, 6.45) is 0.698. The van der Waals surface area contributed by atoms with E-state index in [1.807, 2.05) is 42.5 Å². The van der Waals surface area contributed by atoms with E-state index in [1.54, 1.807) is 11.3 Å². The lowest BCUT2D eigenvalue weighted by molar-refractivity contribution is 0.999. The number of nitrogens with zero attached hydrogens (tertiary/aromatic N) is 2. The number of nitrogens with one attached hydrogen (secondary N) is 1. The van der Waals surface area contributed by atoms with Gasteiger partial charge in [-0.3, -0.25) is 0 Å². The van der Waals surface area contributed by atoms with Gasteiger partial charge < -0.3 is 5.32 Å². The summed E-state index contributed by atoms with van der Waals surface area (Å²) in [6, 6.07) is 18.0. The van der Waals surface area contributed by atoms with Crippen molar-refractivity contribution in [2.45, 2.75) is 20.3 Å². The third-order valence-corrected chi connectivity index (χ3v) is 5.84. The van der Waals surface area contributed by atoms with Crippen molar-refractivity contribution in [1.82, 2.24) is 9.97 Å². The molecule has 0 bridgehead atoms. The van der Waals surface area contributed by atoms with Crippen molar-refractivity contribution in [1.29, 1.82) is 0 Å². The zero-order valence-corrected chi connectivity index (χ0v) is 16.2. The zero-order valence-electron chi connectivity index (χ0n) is 14.6. The Hall–Kier alpha value is -2.43. The highest BCUT2D eigenvalue weighted by Gasteiger charge is 2.15. The summed E-state index contributed by atoms with van der Waals surface area (Å²) in [4.78, 5) is 11.9. The van der Waals surface area contributed by atoms with E-state index in [2.05, 4.69) is 31.3 Å². The van der Waals surface area contributed by atoms with Gasteiger partial charge in [0.15, 0.2) is 0 Å². The lowest BCUT2D eigenvalue weighted by atomic mass is 10.1. The molecule has 0 saturated carbocycles. The molecule has 0 aliphatic carbocycles. The fourth-order valence-electron chi connectivity index (χ4n) is 2.93. The summed E-state index contributed by atoms with van der Waals surface area (Å²) in [7, 11) is 0. The number of para-hydroxylation sites is 1. The van der Waals surface area contributed by atoms with Crippen molar-refractivity contribution in [3.05, 3.63) is 81.4 Å². The van der Waals surface area contributed by atoms with Crippen LogP contribution in [0.1, 0.15) is 21.8 Å². The minimum absolute atomic E-state index is 0.675. The van der Waals surface area contributed by atoms with Gasteiger partial charge in [0.25, 0.3) is 0 Å². The first kappa shape index (κ1) is 17.0. The Morgan fingerprint density at radius 3 is 2.46 bits per heavy atom. The Labute approximate surface area is 161 Å². The van der Waals surface area contributed by atoms with Crippen LogP contribution >= 0.6 is 22.9 Å². The molecule has 2 aromatic heterocycles. The molecule has 0 fully saturated rings. The molecule has 0 radical (unpaired) electrons. The molecule has 2 heterocycles. The number of fused-ring (bicyclic) bond motifs is 1. The molecule has 0 amide bonds. The van der Waals surface area contributed by atoms with Crippen LogP contribution in [-0.4, -0.2) is 9.97 Å². The summed E-state index contributed by atoms with van der Waals surface area (Å²) in [5.41, 5.74) is 3.26. The molecule has 5 heteroatoms. The number of thiophene rings is 1. The minimum Gasteiger partial charge on any atom is -0.338 e. The molecule has 4 rings (SSSR count). The predicted octanol–water partition coefficient (Wildman–Crippen LogP) is 6.30. The summed E-state index contributed by atoms with van der Waals surface area (Å²) >= 11 is 8.04. The first-order valence-corrected chi connectivity index (χ1v) is 9.63. The van der Waals surface area contributed by atoms with Crippen molar-refractivity contribution < 1.29 is 0 Å². The molecule has 0 spiro atoms. The van der Waals surface area contributed by atoms with Crippen LogP contribution in [0.3, 0.4) is 0 Å². The molecule has 1 N–H and O–H groups in total. The lowest BCUT2D eigenvalue weighted by Crippen LogP contribution is -2.02. The molecule has 0 aliphatic heterocycles. The second-order valence-corrected chi connectivity index (χ2v) is 7.83. The van der Waals surface area contributed by atoms with Crippen LogP contribution in [0.25, 0.3) is 10.2 Å². The molecule has 0 unspecified atom stereocenters. The number of halogens is 1. The molecule has 3 nitrogen and oxygen atoms in total. The number of benzene rings is 2. The molecule has 130 valence electrons. The van der Waals surface area contributed by atoms with Gasteiger partial charge in [-0.1, -0.05) is 54.1 Å². The maximum absolute atomic E-state index is 6.34. The zero-order chi connectivity index (χ0) is 18.1. The number of anilines is 2. The molecule has 4 aromatic rings. The maximum Gasteiger partial charge on any atom is 0.143 e. The predicted molar refractivity (Wildman–Crippen MR) is 111 cm³/mol. The Balaban J connectivity index is 1.82. The molecule has 0 atom stereocenters. The molecule has 26 heavy (non-hydrogen) atoms. The molecule has 2 aromatic carbocycles. The Kier molecular flexibility index (Phi) is 4.62. The highest BCUT2D eigenvalue weighted by atomic mass is 35.5. The van der Waals surface area contributed by atoms with E-state index in [-0.39, 0.29) is 0 Å². The van der Waals surface area contributed by atoms with E-state index in [0.717, 1.165) is 27.5 Å². The standard InChI is InChI=1S/C21H18ClN3S/c1-13-14(2)26-21-19(13)20(23-17-11-7-6-10-16(17)22)24-18(25-21)12-15-8-4-3-5-9-15/h3-11H,12H2,1-2H3,(H,23,24,25). The highest BCUT2D eigenvalue weighted by molar-refractivity contribution is 7.18.